The van der Waals surface area contributed by atoms with Crippen LogP contribution in [0.4, 0.5) is 10.1 Å². The van der Waals surface area contributed by atoms with E-state index in [2.05, 4.69) is 19.2 Å². The molecule has 0 aliphatic heterocycles. The molecule has 0 bridgehead atoms. The number of anilines is 1. The molecule has 1 saturated carbocycles. The molecule has 1 aromatic carbocycles. The number of halogens is 2. The number of nitrogens with one attached hydrogen (secondary N) is 1. The second-order valence-corrected chi connectivity index (χ2v) is 5.56. The quantitative estimate of drug-likeness (QED) is 0.807. The minimum atomic E-state index is -0.334. The Morgan fingerprint density at radius 3 is 2.53 bits per heavy atom. The molecule has 2 unspecified atom stereocenters. The minimum absolute atomic E-state index is 0.186. The van der Waals surface area contributed by atoms with Crippen molar-refractivity contribution >= 4 is 17.3 Å². The van der Waals surface area contributed by atoms with Crippen molar-refractivity contribution in [3.05, 3.63) is 29.0 Å². The van der Waals surface area contributed by atoms with E-state index in [4.69, 9.17) is 11.6 Å². The van der Waals surface area contributed by atoms with Gasteiger partial charge in [0.15, 0.2) is 5.82 Å². The van der Waals surface area contributed by atoms with Gasteiger partial charge in [-0.3, -0.25) is 0 Å². The first-order valence-corrected chi connectivity index (χ1v) is 6.68. The second-order valence-electron chi connectivity index (χ2n) is 5.16. The summed E-state index contributed by atoms with van der Waals surface area (Å²) < 4.78 is 13.8. The molecule has 0 amide bonds. The lowest BCUT2D eigenvalue weighted by Crippen LogP contribution is -2.37. The molecule has 1 aliphatic carbocycles. The Labute approximate surface area is 107 Å². The van der Waals surface area contributed by atoms with Gasteiger partial charge in [-0.15, -0.1) is 0 Å². The van der Waals surface area contributed by atoms with Crippen molar-refractivity contribution in [2.45, 2.75) is 39.2 Å². The van der Waals surface area contributed by atoms with Crippen molar-refractivity contribution in [3.63, 3.8) is 0 Å². The van der Waals surface area contributed by atoms with Crippen molar-refractivity contribution in [3.8, 4) is 0 Å². The second kappa shape index (κ2) is 5.26. The maximum atomic E-state index is 13.8. The van der Waals surface area contributed by atoms with Crippen LogP contribution in [0.3, 0.4) is 0 Å². The molecule has 1 nitrogen and oxygen atoms in total. The highest BCUT2D eigenvalue weighted by molar-refractivity contribution is 6.31. The molecule has 0 radical (unpaired) electrons. The lowest BCUT2D eigenvalue weighted by atomic mass is 9.78. The third-order valence-electron chi connectivity index (χ3n) is 3.82. The van der Waals surface area contributed by atoms with Crippen LogP contribution in [0.1, 0.15) is 33.1 Å². The van der Waals surface area contributed by atoms with Crippen molar-refractivity contribution in [2.75, 3.05) is 5.32 Å². The SMILES string of the molecule is CC1CCCC(C)C1Nc1cccc(Cl)c1F. The Hall–Kier alpha value is -0.760. The van der Waals surface area contributed by atoms with Gasteiger partial charge in [0.05, 0.1) is 10.7 Å². The number of hydrogen-bond donors (Lipinski definition) is 1. The highest BCUT2D eigenvalue weighted by Crippen LogP contribution is 2.32. The molecule has 0 saturated heterocycles. The Balaban J connectivity index is 2.16. The van der Waals surface area contributed by atoms with Crippen molar-refractivity contribution in [1.29, 1.82) is 0 Å². The van der Waals surface area contributed by atoms with Crippen LogP contribution >= 0.6 is 11.6 Å². The smallest absolute Gasteiger partial charge is 0.164 e. The van der Waals surface area contributed by atoms with Gasteiger partial charge in [-0.2, -0.15) is 0 Å². The molecular weight excluding hydrogens is 237 g/mol. The molecule has 0 aromatic heterocycles. The van der Waals surface area contributed by atoms with Crippen LogP contribution in [0.2, 0.25) is 5.02 Å². The zero-order valence-electron chi connectivity index (χ0n) is 10.3. The van der Waals surface area contributed by atoms with Crippen molar-refractivity contribution < 1.29 is 4.39 Å². The lowest BCUT2D eigenvalue weighted by Gasteiger charge is -2.36. The molecular formula is C14H19ClFN. The molecule has 1 aliphatic rings. The molecule has 1 aromatic rings. The fourth-order valence-corrected chi connectivity index (χ4v) is 2.94. The van der Waals surface area contributed by atoms with Crippen LogP contribution in [0.5, 0.6) is 0 Å². The van der Waals surface area contributed by atoms with E-state index in [9.17, 15) is 4.39 Å². The fourth-order valence-electron chi connectivity index (χ4n) is 2.76. The third kappa shape index (κ3) is 2.74. The van der Waals surface area contributed by atoms with E-state index in [1.54, 1.807) is 18.2 Å². The van der Waals surface area contributed by atoms with Gasteiger partial charge in [-0.1, -0.05) is 37.9 Å². The van der Waals surface area contributed by atoms with Crippen LogP contribution in [0.15, 0.2) is 18.2 Å². The molecule has 17 heavy (non-hydrogen) atoms. The zero-order chi connectivity index (χ0) is 12.4. The molecule has 2 atom stereocenters. The summed E-state index contributed by atoms with van der Waals surface area (Å²) in [5.41, 5.74) is 0.531. The largest absolute Gasteiger partial charge is 0.379 e. The molecule has 1 N–H and O–H groups in total. The van der Waals surface area contributed by atoms with E-state index in [0.29, 0.717) is 23.6 Å². The monoisotopic (exact) mass is 255 g/mol. The van der Waals surface area contributed by atoms with Gasteiger partial charge in [0.2, 0.25) is 0 Å². The third-order valence-corrected chi connectivity index (χ3v) is 4.11. The first-order valence-electron chi connectivity index (χ1n) is 6.30. The van der Waals surface area contributed by atoms with Crippen molar-refractivity contribution in [1.82, 2.24) is 0 Å². The van der Waals surface area contributed by atoms with E-state index in [0.717, 1.165) is 0 Å². The van der Waals surface area contributed by atoms with E-state index in [1.807, 2.05) is 0 Å². The fraction of sp³-hybridized carbons (Fsp3) is 0.571. The number of benzene rings is 1. The van der Waals surface area contributed by atoms with E-state index in [-0.39, 0.29) is 10.8 Å². The zero-order valence-corrected chi connectivity index (χ0v) is 11.1. The number of hydrogen-bond acceptors (Lipinski definition) is 1. The van der Waals surface area contributed by atoms with Gasteiger partial charge in [0.25, 0.3) is 0 Å². The van der Waals surface area contributed by atoms with E-state index in [1.165, 1.54) is 19.3 Å². The summed E-state index contributed by atoms with van der Waals surface area (Å²) in [6.07, 6.45) is 3.70. The highest BCUT2D eigenvalue weighted by Gasteiger charge is 2.28. The Kier molecular flexibility index (Phi) is 3.93. The molecule has 0 heterocycles. The van der Waals surface area contributed by atoms with Gasteiger partial charge in [0.1, 0.15) is 0 Å². The average Bonchev–Trinajstić information content (AvgIpc) is 2.29. The van der Waals surface area contributed by atoms with Crippen LogP contribution in [-0.2, 0) is 0 Å². The summed E-state index contributed by atoms with van der Waals surface area (Å²) >= 11 is 5.79. The maximum Gasteiger partial charge on any atom is 0.164 e. The Morgan fingerprint density at radius 2 is 1.88 bits per heavy atom. The minimum Gasteiger partial charge on any atom is -0.379 e. The molecule has 2 rings (SSSR count). The predicted octanol–water partition coefficient (Wildman–Crippen LogP) is 4.72. The maximum absolute atomic E-state index is 13.8. The number of rotatable bonds is 2. The summed E-state index contributed by atoms with van der Waals surface area (Å²) in [5, 5.41) is 3.52. The van der Waals surface area contributed by atoms with Gasteiger partial charge >= 0.3 is 0 Å². The molecule has 0 spiro atoms. The lowest BCUT2D eigenvalue weighted by molar-refractivity contribution is 0.267. The summed E-state index contributed by atoms with van der Waals surface area (Å²) in [6.45, 7) is 4.46. The molecule has 3 heteroatoms. The van der Waals surface area contributed by atoms with Gasteiger partial charge in [-0.05, 0) is 36.8 Å². The summed E-state index contributed by atoms with van der Waals surface area (Å²) in [6, 6.07) is 5.47. The van der Waals surface area contributed by atoms with E-state index >= 15 is 0 Å². The van der Waals surface area contributed by atoms with Crippen LogP contribution in [-0.4, -0.2) is 6.04 Å². The van der Waals surface area contributed by atoms with Gasteiger partial charge in [-0.25, -0.2) is 4.39 Å². The van der Waals surface area contributed by atoms with E-state index < -0.39 is 0 Å². The van der Waals surface area contributed by atoms with Crippen LogP contribution < -0.4 is 5.32 Å². The average molecular weight is 256 g/mol. The highest BCUT2D eigenvalue weighted by atomic mass is 35.5. The normalized spacial score (nSPS) is 29.1. The summed E-state index contributed by atoms with van der Waals surface area (Å²) in [5.74, 6) is 0.827. The topological polar surface area (TPSA) is 12.0 Å². The van der Waals surface area contributed by atoms with Crippen LogP contribution in [0.25, 0.3) is 0 Å². The Morgan fingerprint density at radius 1 is 1.24 bits per heavy atom. The predicted molar refractivity (Wildman–Crippen MR) is 71.0 cm³/mol. The summed E-state index contributed by atoms with van der Waals surface area (Å²) in [4.78, 5) is 0. The van der Waals surface area contributed by atoms with Crippen molar-refractivity contribution in [2.24, 2.45) is 11.8 Å². The van der Waals surface area contributed by atoms with Gasteiger partial charge in [0, 0.05) is 6.04 Å². The Bertz CT molecular complexity index is 384. The summed E-state index contributed by atoms with van der Waals surface area (Å²) in [7, 11) is 0. The van der Waals surface area contributed by atoms with Crippen LogP contribution in [0, 0.1) is 17.7 Å². The molecule has 1 fully saturated rings. The first kappa shape index (κ1) is 12.7. The first-order chi connectivity index (χ1) is 8.09. The van der Waals surface area contributed by atoms with Gasteiger partial charge < -0.3 is 5.32 Å². The standard InChI is InChI=1S/C14H19ClFN/c1-9-5-3-6-10(2)14(9)17-12-8-4-7-11(15)13(12)16/h4,7-10,14,17H,3,5-6H2,1-2H3. The molecule has 94 valence electrons.